The van der Waals surface area contributed by atoms with E-state index in [1.165, 1.54) is 30.3 Å². The first-order chi connectivity index (χ1) is 19.8. The van der Waals surface area contributed by atoms with Gasteiger partial charge in [0, 0.05) is 30.3 Å². The number of aromatic nitrogens is 2. The summed E-state index contributed by atoms with van der Waals surface area (Å²) in [6, 6.07) is 10.6. The first-order valence-corrected chi connectivity index (χ1v) is 13.7. The maximum absolute atomic E-state index is 13.2. The van der Waals surface area contributed by atoms with Crippen LogP contribution in [0.5, 0.6) is 5.75 Å². The van der Waals surface area contributed by atoms with Crippen molar-refractivity contribution in [1.82, 2.24) is 14.9 Å². The van der Waals surface area contributed by atoms with E-state index in [2.05, 4.69) is 27.5 Å². The number of nitrogens with zero attached hydrogens (tertiary/aromatic N) is 2. The first kappa shape index (κ1) is 31.4. The van der Waals surface area contributed by atoms with Crippen LogP contribution in [0.1, 0.15) is 22.8 Å². The average Bonchev–Trinajstić information content (AvgIpc) is 3.23. The van der Waals surface area contributed by atoms with Crippen LogP contribution in [-0.2, 0) is 18.4 Å². The van der Waals surface area contributed by atoms with Crippen LogP contribution in [0.4, 0.5) is 26.1 Å². The number of amides is 2. The number of imidazole rings is 1. The van der Waals surface area contributed by atoms with Gasteiger partial charge in [0.25, 0.3) is 12.3 Å². The van der Waals surface area contributed by atoms with Gasteiger partial charge in [0.15, 0.2) is 0 Å². The number of nitrogens with one attached hydrogen (secondary N) is 3. The highest BCUT2D eigenvalue weighted by molar-refractivity contribution is 6.40. The van der Waals surface area contributed by atoms with Crippen LogP contribution in [0.25, 0.3) is 11.0 Å². The number of carbonyl (C=O) groups is 2. The lowest BCUT2D eigenvalue weighted by atomic mass is 10.1. The molecule has 1 aromatic heterocycles. The molecule has 0 atom stereocenters. The van der Waals surface area contributed by atoms with Gasteiger partial charge in [-0.2, -0.15) is 0 Å². The molecule has 1 heterocycles. The molecular formula is C28H23Cl4F2N5O3. The summed E-state index contributed by atoms with van der Waals surface area (Å²) in [7, 11) is 1.67. The summed E-state index contributed by atoms with van der Waals surface area (Å²) >= 11 is 25.2. The van der Waals surface area contributed by atoms with E-state index >= 15 is 0 Å². The Morgan fingerprint density at radius 2 is 1.81 bits per heavy atom. The Labute approximate surface area is 259 Å². The number of rotatable bonds is 10. The summed E-state index contributed by atoms with van der Waals surface area (Å²) < 4.78 is 33.0. The molecular weight excluding hydrogens is 634 g/mol. The van der Waals surface area contributed by atoms with Gasteiger partial charge in [-0.25, -0.2) is 13.8 Å². The lowest BCUT2D eigenvalue weighted by Gasteiger charge is -2.14. The molecule has 3 aromatic carbocycles. The van der Waals surface area contributed by atoms with Gasteiger partial charge in [-0.3, -0.25) is 9.59 Å². The number of ether oxygens (including phenoxy) is 1. The summed E-state index contributed by atoms with van der Waals surface area (Å²) in [5.41, 5.74) is 2.26. The average molecular weight is 657 g/mol. The number of benzene rings is 3. The van der Waals surface area contributed by atoms with E-state index in [0.717, 1.165) is 0 Å². The van der Waals surface area contributed by atoms with Crippen molar-refractivity contribution in [2.45, 2.75) is 19.9 Å². The van der Waals surface area contributed by atoms with Crippen molar-refractivity contribution in [1.29, 1.82) is 0 Å². The minimum absolute atomic E-state index is 0.0508. The van der Waals surface area contributed by atoms with Crippen molar-refractivity contribution < 1.29 is 23.1 Å². The van der Waals surface area contributed by atoms with E-state index in [1.54, 1.807) is 30.7 Å². The molecule has 4 rings (SSSR count). The molecule has 8 nitrogen and oxygen atoms in total. The molecule has 0 aliphatic heterocycles. The number of halogens is 6. The normalized spacial score (nSPS) is 11.1. The Bertz CT molecular complexity index is 1710. The molecule has 4 aromatic rings. The maximum atomic E-state index is 13.2. The highest BCUT2D eigenvalue weighted by atomic mass is 35.5. The summed E-state index contributed by atoms with van der Waals surface area (Å²) in [6.07, 6.45) is -2.78. The summed E-state index contributed by atoms with van der Waals surface area (Å²) in [5.74, 6) is -0.809. The van der Waals surface area contributed by atoms with Crippen molar-refractivity contribution in [3.05, 3.63) is 85.8 Å². The van der Waals surface area contributed by atoms with Crippen molar-refractivity contribution in [3.8, 4) is 5.75 Å². The molecule has 2 amide bonds. The third kappa shape index (κ3) is 7.07. The third-order valence-corrected chi connectivity index (χ3v) is 7.30. The van der Waals surface area contributed by atoms with Gasteiger partial charge in [0.2, 0.25) is 11.9 Å². The number of hydrogen-bond donors (Lipinski definition) is 3. The van der Waals surface area contributed by atoms with E-state index in [-0.39, 0.29) is 50.5 Å². The Balaban J connectivity index is 1.70. The van der Waals surface area contributed by atoms with Gasteiger partial charge in [0.05, 0.1) is 43.0 Å². The molecule has 0 radical (unpaired) electrons. The molecule has 0 bridgehead atoms. The standard InChI is InChI=1S/C28H23Cl4F2N5O3/c1-13(2)26(40)35-11-14-4-6-17(30)25(24(14)32)38-28-37-20-9-16(22(42-12-23(33)34)10-21(20)39(28)3)27(41)36-19-7-5-15(29)8-18(19)31/h4-10,23H,1,11-12H2,2-3H3,(H,35,40)(H,36,41)(H,37,38). The highest BCUT2D eigenvalue weighted by Gasteiger charge is 2.21. The second-order valence-electron chi connectivity index (χ2n) is 9.10. The molecule has 220 valence electrons. The zero-order valence-corrected chi connectivity index (χ0v) is 25.2. The van der Waals surface area contributed by atoms with E-state index in [9.17, 15) is 18.4 Å². The van der Waals surface area contributed by atoms with E-state index in [4.69, 9.17) is 51.1 Å². The van der Waals surface area contributed by atoms with Crippen molar-refractivity contribution in [2.24, 2.45) is 7.05 Å². The summed E-state index contributed by atoms with van der Waals surface area (Å²) in [6.45, 7) is 4.38. The number of aryl methyl sites for hydroxylation is 1. The second-order valence-corrected chi connectivity index (χ2v) is 10.7. The van der Waals surface area contributed by atoms with E-state index in [0.29, 0.717) is 32.9 Å². The molecule has 0 aliphatic carbocycles. The van der Waals surface area contributed by atoms with Crippen LogP contribution in [0.15, 0.2) is 54.6 Å². The fourth-order valence-corrected chi connectivity index (χ4v) is 4.83. The predicted molar refractivity (Wildman–Crippen MR) is 163 cm³/mol. The van der Waals surface area contributed by atoms with Crippen LogP contribution >= 0.6 is 46.4 Å². The zero-order valence-electron chi connectivity index (χ0n) is 22.1. The smallest absolute Gasteiger partial charge is 0.272 e. The SMILES string of the molecule is C=C(C)C(=O)NCc1ccc(Cl)c(Nc2nc3cc(C(=O)Nc4ccc(Cl)cc4Cl)c(OCC(F)F)cc3n2C)c1Cl. The monoisotopic (exact) mass is 655 g/mol. The largest absolute Gasteiger partial charge is 0.487 e. The lowest BCUT2D eigenvalue weighted by Crippen LogP contribution is -2.23. The van der Waals surface area contributed by atoms with Crippen LogP contribution in [-0.4, -0.2) is 34.4 Å². The van der Waals surface area contributed by atoms with Crippen LogP contribution in [0, 0.1) is 0 Å². The second kappa shape index (κ2) is 13.2. The van der Waals surface area contributed by atoms with Gasteiger partial charge in [-0.1, -0.05) is 59.0 Å². The van der Waals surface area contributed by atoms with Crippen molar-refractivity contribution in [3.63, 3.8) is 0 Å². The fraction of sp³-hybridized carbons (Fsp3) is 0.179. The number of fused-ring (bicyclic) bond motifs is 1. The van der Waals surface area contributed by atoms with Crippen molar-refractivity contribution in [2.75, 3.05) is 17.2 Å². The minimum Gasteiger partial charge on any atom is -0.487 e. The molecule has 0 fully saturated rings. The van der Waals surface area contributed by atoms with Crippen LogP contribution in [0.2, 0.25) is 20.1 Å². The summed E-state index contributed by atoms with van der Waals surface area (Å²) in [4.78, 5) is 29.7. The number of anilines is 3. The lowest BCUT2D eigenvalue weighted by molar-refractivity contribution is -0.117. The Morgan fingerprint density at radius 1 is 1.07 bits per heavy atom. The van der Waals surface area contributed by atoms with Gasteiger partial charge < -0.3 is 25.3 Å². The molecule has 14 heteroatoms. The molecule has 0 saturated heterocycles. The Kier molecular flexibility index (Phi) is 9.83. The van der Waals surface area contributed by atoms with Crippen LogP contribution < -0.4 is 20.7 Å². The molecule has 0 aliphatic rings. The molecule has 0 unspecified atom stereocenters. The fourth-order valence-electron chi connectivity index (χ4n) is 3.85. The molecule has 3 N–H and O–H groups in total. The zero-order chi connectivity index (χ0) is 30.7. The predicted octanol–water partition coefficient (Wildman–Crippen LogP) is 8.02. The third-order valence-electron chi connectivity index (χ3n) is 6.01. The van der Waals surface area contributed by atoms with Gasteiger partial charge in [-0.05, 0) is 42.8 Å². The molecule has 42 heavy (non-hydrogen) atoms. The number of hydrogen-bond acceptors (Lipinski definition) is 5. The van der Waals surface area contributed by atoms with Gasteiger partial charge in [0.1, 0.15) is 12.4 Å². The Hall–Kier alpha value is -3.57. The first-order valence-electron chi connectivity index (χ1n) is 12.2. The molecule has 0 saturated carbocycles. The van der Waals surface area contributed by atoms with E-state index in [1.807, 2.05) is 0 Å². The van der Waals surface area contributed by atoms with Crippen LogP contribution in [0.3, 0.4) is 0 Å². The van der Waals surface area contributed by atoms with Crippen molar-refractivity contribution >= 4 is 86.6 Å². The number of carbonyl (C=O) groups excluding carboxylic acids is 2. The Morgan fingerprint density at radius 3 is 2.48 bits per heavy atom. The minimum atomic E-state index is -2.78. The molecule has 0 spiro atoms. The van der Waals surface area contributed by atoms with E-state index < -0.39 is 18.9 Å². The van der Waals surface area contributed by atoms with Gasteiger partial charge in [-0.15, -0.1) is 0 Å². The quantitative estimate of drug-likeness (QED) is 0.150. The maximum Gasteiger partial charge on any atom is 0.272 e. The number of alkyl halides is 2. The highest BCUT2D eigenvalue weighted by Crippen LogP contribution is 2.37. The topological polar surface area (TPSA) is 97.3 Å². The summed E-state index contributed by atoms with van der Waals surface area (Å²) in [5, 5.41) is 9.53. The van der Waals surface area contributed by atoms with Gasteiger partial charge >= 0.3 is 0 Å².